The van der Waals surface area contributed by atoms with E-state index < -0.39 is 0 Å². The molecule has 1 aliphatic heterocycles. The standard InChI is InChI=1S/C14H22N2O3/c1-4-18-13(17)14(11(2)3)6-7-16(10-14)9-12-5-8-19-15-12/h5,8,11H,4,6-7,9-10H2,1-3H3. The van der Waals surface area contributed by atoms with Gasteiger partial charge in [-0.2, -0.15) is 0 Å². The van der Waals surface area contributed by atoms with Gasteiger partial charge in [0.15, 0.2) is 0 Å². The van der Waals surface area contributed by atoms with E-state index in [4.69, 9.17) is 9.26 Å². The van der Waals surface area contributed by atoms with Crippen molar-refractivity contribution in [1.29, 1.82) is 0 Å². The molecule has 0 aromatic carbocycles. The zero-order valence-corrected chi connectivity index (χ0v) is 11.9. The topological polar surface area (TPSA) is 55.6 Å². The molecule has 0 N–H and O–H groups in total. The zero-order chi connectivity index (χ0) is 13.9. The summed E-state index contributed by atoms with van der Waals surface area (Å²) in [7, 11) is 0. The summed E-state index contributed by atoms with van der Waals surface area (Å²) in [4.78, 5) is 14.5. The van der Waals surface area contributed by atoms with Crippen molar-refractivity contribution in [3.05, 3.63) is 18.0 Å². The van der Waals surface area contributed by atoms with Gasteiger partial charge in [0.2, 0.25) is 0 Å². The number of likely N-dealkylation sites (tertiary alicyclic amines) is 1. The van der Waals surface area contributed by atoms with Crippen molar-refractivity contribution in [1.82, 2.24) is 10.1 Å². The second-order valence-corrected chi connectivity index (χ2v) is 5.48. The predicted octanol–water partition coefficient (Wildman–Crippen LogP) is 2.09. The van der Waals surface area contributed by atoms with Gasteiger partial charge in [0.05, 0.1) is 17.7 Å². The van der Waals surface area contributed by atoms with Crippen LogP contribution >= 0.6 is 0 Å². The van der Waals surface area contributed by atoms with E-state index in [0.29, 0.717) is 6.61 Å². The molecule has 0 aliphatic carbocycles. The molecule has 1 aliphatic rings. The third-order valence-corrected chi connectivity index (χ3v) is 4.04. The summed E-state index contributed by atoms with van der Waals surface area (Å²) >= 11 is 0. The van der Waals surface area contributed by atoms with Crippen LogP contribution in [0.1, 0.15) is 32.9 Å². The van der Waals surface area contributed by atoms with Gasteiger partial charge in [0.25, 0.3) is 0 Å². The lowest BCUT2D eigenvalue weighted by Crippen LogP contribution is -2.40. The Balaban J connectivity index is 2.05. The highest BCUT2D eigenvalue weighted by Gasteiger charge is 2.48. The molecule has 1 unspecified atom stereocenters. The fraction of sp³-hybridized carbons (Fsp3) is 0.714. The molecule has 0 amide bonds. The van der Waals surface area contributed by atoms with Crippen LogP contribution in [-0.4, -0.2) is 35.7 Å². The SMILES string of the molecule is CCOC(=O)C1(C(C)C)CCN(Cc2ccon2)C1. The van der Waals surface area contributed by atoms with Crippen LogP contribution in [0.3, 0.4) is 0 Å². The molecule has 2 heterocycles. The Hall–Kier alpha value is -1.36. The van der Waals surface area contributed by atoms with Crippen molar-refractivity contribution in [2.75, 3.05) is 19.7 Å². The minimum Gasteiger partial charge on any atom is -0.466 e. The summed E-state index contributed by atoms with van der Waals surface area (Å²) in [6.07, 6.45) is 2.42. The Morgan fingerprint density at radius 2 is 2.42 bits per heavy atom. The molecular formula is C14H22N2O3. The molecule has 0 saturated carbocycles. The van der Waals surface area contributed by atoms with Gasteiger partial charge in [-0.1, -0.05) is 19.0 Å². The van der Waals surface area contributed by atoms with E-state index in [1.165, 1.54) is 0 Å². The molecule has 0 radical (unpaired) electrons. The van der Waals surface area contributed by atoms with Gasteiger partial charge in [0.1, 0.15) is 6.26 Å². The van der Waals surface area contributed by atoms with Crippen LogP contribution in [0.4, 0.5) is 0 Å². The smallest absolute Gasteiger partial charge is 0.313 e. The first kappa shape index (κ1) is 14.1. The highest BCUT2D eigenvalue weighted by molar-refractivity contribution is 5.78. The maximum absolute atomic E-state index is 12.3. The Kier molecular flexibility index (Phi) is 4.24. The van der Waals surface area contributed by atoms with Gasteiger partial charge in [0, 0.05) is 19.2 Å². The van der Waals surface area contributed by atoms with E-state index >= 15 is 0 Å². The van der Waals surface area contributed by atoms with Crippen LogP contribution in [-0.2, 0) is 16.1 Å². The number of carbonyl (C=O) groups is 1. The fourth-order valence-corrected chi connectivity index (χ4v) is 2.75. The zero-order valence-electron chi connectivity index (χ0n) is 11.9. The van der Waals surface area contributed by atoms with Gasteiger partial charge >= 0.3 is 5.97 Å². The molecule has 2 rings (SSSR count). The molecule has 1 fully saturated rings. The van der Waals surface area contributed by atoms with Crippen molar-refractivity contribution < 1.29 is 14.1 Å². The number of rotatable bonds is 5. The van der Waals surface area contributed by atoms with Crippen LogP contribution < -0.4 is 0 Å². The normalized spacial score (nSPS) is 24.0. The largest absolute Gasteiger partial charge is 0.466 e. The number of hydrogen-bond acceptors (Lipinski definition) is 5. The van der Waals surface area contributed by atoms with Gasteiger partial charge in [-0.25, -0.2) is 0 Å². The lowest BCUT2D eigenvalue weighted by atomic mass is 9.76. The molecule has 5 nitrogen and oxygen atoms in total. The van der Waals surface area contributed by atoms with Gasteiger partial charge in [-0.15, -0.1) is 0 Å². The molecule has 1 saturated heterocycles. The number of carbonyl (C=O) groups excluding carboxylic acids is 1. The van der Waals surface area contributed by atoms with Gasteiger partial charge in [-0.05, 0) is 25.8 Å². The van der Waals surface area contributed by atoms with Crippen molar-refractivity contribution >= 4 is 5.97 Å². The highest BCUT2D eigenvalue weighted by atomic mass is 16.5. The lowest BCUT2D eigenvalue weighted by Gasteiger charge is -2.30. The molecule has 1 aromatic rings. The second-order valence-electron chi connectivity index (χ2n) is 5.48. The molecular weight excluding hydrogens is 244 g/mol. The summed E-state index contributed by atoms with van der Waals surface area (Å²) in [6, 6.07) is 1.86. The maximum Gasteiger partial charge on any atom is 0.313 e. The Labute approximate surface area is 113 Å². The average molecular weight is 266 g/mol. The fourth-order valence-electron chi connectivity index (χ4n) is 2.75. The monoisotopic (exact) mass is 266 g/mol. The average Bonchev–Trinajstić information content (AvgIpc) is 3.00. The minimum absolute atomic E-state index is 0.0624. The minimum atomic E-state index is -0.375. The first-order chi connectivity index (χ1) is 9.08. The predicted molar refractivity (Wildman–Crippen MR) is 70.3 cm³/mol. The first-order valence-electron chi connectivity index (χ1n) is 6.87. The number of aromatic nitrogens is 1. The third-order valence-electron chi connectivity index (χ3n) is 4.04. The summed E-state index contributed by atoms with van der Waals surface area (Å²) < 4.78 is 10.1. The molecule has 19 heavy (non-hydrogen) atoms. The molecule has 1 atom stereocenters. The Morgan fingerprint density at radius 3 is 3.00 bits per heavy atom. The summed E-state index contributed by atoms with van der Waals surface area (Å²) in [5.41, 5.74) is 0.531. The third kappa shape index (κ3) is 2.81. The quantitative estimate of drug-likeness (QED) is 0.764. The van der Waals surface area contributed by atoms with Crippen LogP contribution in [0.25, 0.3) is 0 Å². The molecule has 0 bridgehead atoms. The molecule has 0 spiro atoms. The molecule has 106 valence electrons. The summed E-state index contributed by atoms with van der Waals surface area (Å²) in [5, 5.41) is 3.92. The number of nitrogens with zero attached hydrogens (tertiary/aromatic N) is 2. The number of ether oxygens (including phenoxy) is 1. The molecule has 1 aromatic heterocycles. The van der Waals surface area contributed by atoms with Crippen molar-refractivity contribution in [3.63, 3.8) is 0 Å². The number of hydrogen-bond donors (Lipinski definition) is 0. The summed E-state index contributed by atoms with van der Waals surface area (Å²) in [5.74, 6) is 0.210. The van der Waals surface area contributed by atoms with E-state index in [-0.39, 0.29) is 17.3 Å². The second kappa shape index (κ2) is 5.74. The van der Waals surface area contributed by atoms with Crippen LogP contribution in [0.5, 0.6) is 0 Å². The van der Waals surface area contributed by atoms with E-state index in [9.17, 15) is 4.79 Å². The Morgan fingerprint density at radius 1 is 1.63 bits per heavy atom. The van der Waals surface area contributed by atoms with Crippen molar-refractivity contribution in [3.8, 4) is 0 Å². The van der Waals surface area contributed by atoms with Crippen LogP contribution in [0.15, 0.2) is 16.9 Å². The van der Waals surface area contributed by atoms with Crippen molar-refractivity contribution in [2.45, 2.75) is 33.7 Å². The van der Waals surface area contributed by atoms with Crippen LogP contribution in [0, 0.1) is 11.3 Å². The van der Waals surface area contributed by atoms with E-state index in [0.717, 1.165) is 31.7 Å². The van der Waals surface area contributed by atoms with E-state index in [2.05, 4.69) is 23.9 Å². The molecule has 5 heteroatoms. The van der Waals surface area contributed by atoms with Crippen molar-refractivity contribution in [2.24, 2.45) is 11.3 Å². The number of esters is 1. The van der Waals surface area contributed by atoms with Gasteiger partial charge < -0.3 is 9.26 Å². The van der Waals surface area contributed by atoms with Gasteiger partial charge in [-0.3, -0.25) is 9.69 Å². The van der Waals surface area contributed by atoms with Crippen LogP contribution in [0.2, 0.25) is 0 Å². The lowest BCUT2D eigenvalue weighted by molar-refractivity contribution is -0.157. The maximum atomic E-state index is 12.3. The Bertz CT molecular complexity index is 416. The summed E-state index contributed by atoms with van der Waals surface area (Å²) in [6.45, 7) is 8.84. The highest BCUT2D eigenvalue weighted by Crippen LogP contribution is 2.39. The van der Waals surface area contributed by atoms with E-state index in [1.54, 1.807) is 6.26 Å². The first-order valence-corrected chi connectivity index (χ1v) is 6.87. The van der Waals surface area contributed by atoms with E-state index in [1.807, 2.05) is 13.0 Å².